The number of fused-ring (bicyclic) bond motifs is 1. The molecule has 21 heavy (non-hydrogen) atoms. The van der Waals surface area contributed by atoms with Crippen LogP contribution < -0.4 is 5.73 Å². The molecule has 0 amide bonds. The van der Waals surface area contributed by atoms with E-state index in [0.717, 1.165) is 23.3 Å². The summed E-state index contributed by atoms with van der Waals surface area (Å²) < 4.78 is 7.35. The van der Waals surface area contributed by atoms with Crippen molar-refractivity contribution in [2.24, 2.45) is 0 Å². The number of nitrogen functional groups attached to an aromatic ring is 1. The number of nitrogens with zero attached hydrogens (tertiary/aromatic N) is 4. The number of ether oxygens (including phenoxy) is 1. The Balaban J connectivity index is 1.82. The SMILES string of the molecule is Cc1cc(CN2CCCC2)c2c(n1)c(N)nn2C1COC1. The van der Waals surface area contributed by atoms with Crippen LogP contribution >= 0.6 is 0 Å². The third-order valence-electron chi connectivity index (χ3n) is 4.45. The van der Waals surface area contributed by atoms with Gasteiger partial charge in [-0.1, -0.05) is 0 Å². The molecule has 2 fully saturated rings. The summed E-state index contributed by atoms with van der Waals surface area (Å²) in [5, 5.41) is 4.52. The first-order valence-corrected chi connectivity index (χ1v) is 7.66. The number of likely N-dealkylation sites (tertiary alicyclic amines) is 1. The van der Waals surface area contributed by atoms with Gasteiger partial charge >= 0.3 is 0 Å². The van der Waals surface area contributed by atoms with Crippen LogP contribution in [0.3, 0.4) is 0 Å². The third kappa shape index (κ3) is 2.18. The van der Waals surface area contributed by atoms with Crippen LogP contribution in [0.2, 0.25) is 0 Å². The molecule has 4 rings (SSSR count). The summed E-state index contributed by atoms with van der Waals surface area (Å²) in [7, 11) is 0. The van der Waals surface area contributed by atoms with Crippen LogP contribution in [0.5, 0.6) is 0 Å². The predicted octanol–water partition coefficient (Wildman–Crippen LogP) is 1.49. The van der Waals surface area contributed by atoms with Crippen LogP contribution in [0.25, 0.3) is 11.0 Å². The molecule has 0 unspecified atom stereocenters. The van der Waals surface area contributed by atoms with Gasteiger partial charge in [-0.2, -0.15) is 5.10 Å². The lowest BCUT2D eigenvalue weighted by molar-refractivity contribution is -0.0266. The summed E-state index contributed by atoms with van der Waals surface area (Å²) in [6, 6.07) is 2.48. The molecule has 0 radical (unpaired) electrons. The van der Waals surface area contributed by atoms with Crippen LogP contribution in [-0.2, 0) is 11.3 Å². The molecule has 6 heteroatoms. The molecule has 0 spiro atoms. The molecular formula is C15H21N5O. The zero-order chi connectivity index (χ0) is 14.4. The molecule has 2 aliphatic rings. The zero-order valence-electron chi connectivity index (χ0n) is 12.4. The number of aryl methyl sites for hydroxylation is 1. The summed E-state index contributed by atoms with van der Waals surface area (Å²) >= 11 is 0. The number of pyridine rings is 1. The Kier molecular flexibility index (Phi) is 3.08. The van der Waals surface area contributed by atoms with Crippen molar-refractivity contribution in [3.8, 4) is 0 Å². The first-order chi connectivity index (χ1) is 10.2. The molecule has 4 heterocycles. The van der Waals surface area contributed by atoms with Crippen molar-refractivity contribution < 1.29 is 4.74 Å². The van der Waals surface area contributed by atoms with E-state index in [9.17, 15) is 0 Å². The van der Waals surface area contributed by atoms with Crippen LogP contribution in [0.15, 0.2) is 6.07 Å². The maximum atomic E-state index is 6.09. The van der Waals surface area contributed by atoms with E-state index in [0.29, 0.717) is 25.1 Å². The molecule has 0 aromatic carbocycles. The number of hydrogen-bond acceptors (Lipinski definition) is 5. The Labute approximate surface area is 123 Å². The Hall–Kier alpha value is -1.66. The number of hydrogen-bond donors (Lipinski definition) is 1. The van der Waals surface area contributed by atoms with E-state index >= 15 is 0 Å². The Morgan fingerprint density at radius 2 is 2.10 bits per heavy atom. The Morgan fingerprint density at radius 3 is 2.76 bits per heavy atom. The summed E-state index contributed by atoms with van der Waals surface area (Å²) in [5.41, 5.74) is 10.3. The first kappa shape index (κ1) is 13.0. The molecule has 0 bridgehead atoms. The minimum Gasteiger partial charge on any atom is -0.380 e. The van der Waals surface area contributed by atoms with Gasteiger partial charge in [0.1, 0.15) is 5.52 Å². The van der Waals surface area contributed by atoms with Crippen molar-refractivity contribution in [3.63, 3.8) is 0 Å². The van der Waals surface area contributed by atoms with Crippen molar-refractivity contribution in [1.82, 2.24) is 19.7 Å². The fourth-order valence-electron chi connectivity index (χ4n) is 3.31. The minimum absolute atomic E-state index is 0.298. The number of rotatable bonds is 3. The largest absolute Gasteiger partial charge is 0.380 e. The van der Waals surface area contributed by atoms with E-state index in [2.05, 4.69) is 21.0 Å². The minimum atomic E-state index is 0.298. The predicted molar refractivity (Wildman–Crippen MR) is 81.0 cm³/mol. The lowest BCUT2D eigenvalue weighted by Gasteiger charge is -2.27. The first-order valence-electron chi connectivity index (χ1n) is 7.66. The van der Waals surface area contributed by atoms with Crippen molar-refractivity contribution >= 4 is 16.9 Å². The number of anilines is 1. The second-order valence-corrected chi connectivity index (χ2v) is 6.12. The van der Waals surface area contributed by atoms with Gasteiger partial charge in [0.2, 0.25) is 0 Å². The van der Waals surface area contributed by atoms with Gasteiger partial charge in [-0.3, -0.25) is 9.58 Å². The molecule has 2 aromatic heterocycles. The Bertz CT molecular complexity index is 670. The van der Waals surface area contributed by atoms with Crippen molar-refractivity contribution in [2.45, 2.75) is 32.4 Å². The molecule has 2 aromatic rings. The van der Waals surface area contributed by atoms with E-state index in [4.69, 9.17) is 10.5 Å². The van der Waals surface area contributed by atoms with Crippen molar-refractivity contribution in [2.75, 3.05) is 32.0 Å². The monoisotopic (exact) mass is 287 g/mol. The zero-order valence-corrected chi connectivity index (χ0v) is 12.4. The fourth-order valence-corrected chi connectivity index (χ4v) is 3.31. The van der Waals surface area contributed by atoms with E-state index in [-0.39, 0.29) is 0 Å². The normalized spacial score (nSPS) is 20.2. The van der Waals surface area contributed by atoms with Crippen molar-refractivity contribution in [1.29, 1.82) is 0 Å². The highest BCUT2D eigenvalue weighted by Gasteiger charge is 2.27. The van der Waals surface area contributed by atoms with Gasteiger partial charge in [-0.25, -0.2) is 4.98 Å². The maximum absolute atomic E-state index is 6.09. The molecule has 6 nitrogen and oxygen atoms in total. The molecule has 0 saturated carbocycles. The molecule has 0 aliphatic carbocycles. The van der Waals surface area contributed by atoms with E-state index in [1.807, 2.05) is 11.6 Å². The van der Waals surface area contributed by atoms with Crippen LogP contribution in [-0.4, -0.2) is 46.0 Å². The smallest absolute Gasteiger partial charge is 0.172 e. The lowest BCUT2D eigenvalue weighted by Crippen LogP contribution is -2.31. The Morgan fingerprint density at radius 1 is 1.33 bits per heavy atom. The summed E-state index contributed by atoms with van der Waals surface area (Å²) in [6.45, 7) is 6.77. The van der Waals surface area contributed by atoms with Crippen LogP contribution in [0, 0.1) is 6.92 Å². The van der Waals surface area contributed by atoms with Crippen LogP contribution in [0.4, 0.5) is 5.82 Å². The lowest BCUT2D eigenvalue weighted by atomic mass is 10.1. The van der Waals surface area contributed by atoms with E-state index in [1.165, 1.54) is 31.5 Å². The summed E-state index contributed by atoms with van der Waals surface area (Å²) in [6.07, 6.45) is 2.59. The summed E-state index contributed by atoms with van der Waals surface area (Å²) in [4.78, 5) is 7.10. The average Bonchev–Trinajstić information content (AvgIpc) is 2.97. The van der Waals surface area contributed by atoms with Crippen LogP contribution in [0.1, 0.15) is 30.1 Å². The maximum Gasteiger partial charge on any atom is 0.172 e. The van der Waals surface area contributed by atoms with Gasteiger partial charge < -0.3 is 10.5 Å². The van der Waals surface area contributed by atoms with Gasteiger partial charge in [-0.15, -0.1) is 0 Å². The summed E-state index contributed by atoms with van der Waals surface area (Å²) in [5.74, 6) is 0.531. The van der Waals surface area contributed by atoms with Gasteiger partial charge in [0.25, 0.3) is 0 Å². The second-order valence-electron chi connectivity index (χ2n) is 6.12. The third-order valence-corrected chi connectivity index (χ3v) is 4.45. The second kappa shape index (κ2) is 4.96. The molecule has 0 atom stereocenters. The molecular weight excluding hydrogens is 266 g/mol. The highest BCUT2D eigenvalue weighted by Crippen LogP contribution is 2.30. The van der Waals surface area contributed by atoms with E-state index < -0.39 is 0 Å². The fraction of sp³-hybridized carbons (Fsp3) is 0.600. The molecule has 2 saturated heterocycles. The van der Waals surface area contributed by atoms with Gasteiger partial charge in [0.15, 0.2) is 5.82 Å². The van der Waals surface area contributed by atoms with Crippen molar-refractivity contribution in [3.05, 3.63) is 17.3 Å². The van der Waals surface area contributed by atoms with Gasteiger partial charge in [-0.05, 0) is 44.5 Å². The highest BCUT2D eigenvalue weighted by molar-refractivity contribution is 5.88. The number of aromatic nitrogens is 3. The highest BCUT2D eigenvalue weighted by atomic mass is 16.5. The average molecular weight is 287 g/mol. The molecule has 112 valence electrons. The van der Waals surface area contributed by atoms with Gasteiger partial charge in [0, 0.05) is 12.2 Å². The van der Waals surface area contributed by atoms with E-state index in [1.54, 1.807) is 0 Å². The van der Waals surface area contributed by atoms with Gasteiger partial charge in [0.05, 0.1) is 24.8 Å². The topological polar surface area (TPSA) is 69.2 Å². The standard InChI is InChI=1S/C15H21N5O/c1-10-6-11(7-19-4-2-3-5-19)14-13(17-10)15(16)18-20(14)12-8-21-9-12/h6,12H,2-5,7-9H2,1H3,(H2,16,18). The quantitative estimate of drug-likeness (QED) is 0.926. The molecule has 2 aliphatic heterocycles. The molecule has 2 N–H and O–H groups in total. The number of nitrogens with two attached hydrogens (primary N) is 1.